The molecule has 0 aromatic heterocycles. The predicted molar refractivity (Wildman–Crippen MR) is 81.3 cm³/mol. The van der Waals surface area contributed by atoms with E-state index in [9.17, 15) is 4.79 Å². The minimum Gasteiger partial charge on any atom is -0.495 e. The molecule has 2 N–H and O–H groups in total. The highest BCUT2D eigenvalue weighted by molar-refractivity contribution is 9.10. The Morgan fingerprint density at radius 1 is 1.50 bits per heavy atom. The van der Waals surface area contributed by atoms with E-state index in [0.29, 0.717) is 18.0 Å². The number of methoxy groups -OCH3 is 1. The van der Waals surface area contributed by atoms with Crippen LogP contribution in [0.4, 0.5) is 10.5 Å². The molecule has 6 heteroatoms. The lowest BCUT2D eigenvalue weighted by molar-refractivity contribution is 0.0157. The molecule has 0 bridgehead atoms. The highest BCUT2D eigenvalue weighted by Gasteiger charge is 2.21. The minimum atomic E-state index is -0.222. The number of anilines is 1. The van der Waals surface area contributed by atoms with Crippen molar-refractivity contribution in [2.24, 2.45) is 0 Å². The molecular formula is C14H19BrN2O3. The van der Waals surface area contributed by atoms with Gasteiger partial charge in [0.1, 0.15) is 5.75 Å². The maximum Gasteiger partial charge on any atom is 0.319 e. The lowest BCUT2D eigenvalue weighted by Crippen LogP contribution is -2.43. The summed E-state index contributed by atoms with van der Waals surface area (Å²) in [5.74, 6) is 0.628. The molecule has 20 heavy (non-hydrogen) atoms. The Morgan fingerprint density at radius 3 is 3.00 bits per heavy atom. The Balaban J connectivity index is 1.95. The molecular weight excluding hydrogens is 324 g/mol. The van der Waals surface area contributed by atoms with Gasteiger partial charge in [0.15, 0.2) is 0 Å². The van der Waals surface area contributed by atoms with E-state index in [0.717, 1.165) is 17.3 Å². The molecule has 1 aromatic carbocycles. The second-order valence-electron chi connectivity index (χ2n) is 4.85. The van der Waals surface area contributed by atoms with Gasteiger partial charge < -0.3 is 20.1 Å². The fourth-order valence-corrected chi connectivity index (χ4v) is 2.61. The molecule has 0 unspecified atom stereocenters. The molecule has 0 aliphatic carbocycles. The third kappa shape index (κ3) is 4.11. The highest BCUT2D eigenvalue weighted by atomic mass is 79.9. The third-order valence-electron chi connectivity index (χ3n) is 3.23. The Labute approximate surface area is 127 Å². The van der Waals surface area contributed by atoms with E-state index in [4.69, 9.17) is 9.47 Å². The van der Waals surface area contributed by atoms with Gasteiger partial charge in [0.2, 0.25) is 0 Å². The Bertz CT molecular complexity index is 481. The van der Waals surface area contributed by atoms with Gasteiger partial charge in [-0.1, -0.05) is 15.9 Å². The molecule has 1 fully saturated rings. The number of benzene rings is 1. The van der Waals surface area contributed by atoms with Gasteiger partial charge in [0, 0.05) is 17.1 Å². The van der Waals surface area contributed by atoms with Crippen molar-refractivity contribution < 1.29 is 14.3 Å². The second kappa shape index (κ2) is 6.95. The van der Waals surface area contributed by atoms with E-state index in [-0.39, 0.29) is 18.2 Å². The summed E-state index contributed by atoms with van der Waals surface area (Å²) >= 11 is 3.38. The largest absolute Gasteiger partial charge is 0.495 e. The van der Waals surface area contributed by atoms with Crippen LogP contribution in [-0.2, 0) is 4.74 Å². The van der Waals surface area contributed by atoms with Crippen LogP contribution in [0.15, 0.2) is 22.7 Å². The van der Waals surface area contributed by atoms with Gasteiger partial charge in [-0.05, 0) is 38.0 Å². The van der Waals surface area contributed by atoms with Gasteiger partial charge in [0.25, 0.3) is 0 Å². The first-order valence-electron chi connectivity index (χ1n) is 6.61. The maximum absolute atomic E-state index is 12.0. The molecule has 1 saturated heterocycles. The van der Waals surface area contributed by atoms with E-state index in [1.54, 1.807) is 13.2 Å². The van der Waals surface area contributed by atoms with E-state index in [2.05, 4.69) is 26.6 Å². The van der Waals surface area contributed by atoms with Crippen molar-refractivity contribution in [2.75, 3.05) is 19.0 Å². The van der Waals surface area contributed by atoms with E-state index in [1.807, 2.05) is 19.1 Å². The predicted octanol–water partition coefficient (Wildman–Crippen LogP) is 3.15. The summed E-state index contributed by atoms with van der Waals surface area (Å²) < 4.78 is 11.6. The van der Waals surface area contributed by atoms with Crippen LogP contribution in [0.25, 0.3) is 0 Å². The molecule has 2 rings (SSSR count). The van der Waals surface area contributed by atoms with Crippen molar-refractivity contribution in [2.45, 2.75) is 31.9 Å². The van der Waals surface area contributed by atoms with Crippen molar-refractivity contribution in [1.29, 1.82) is 0 Å². The van der Waals surface area contributed by atoms with Crippen molar-refractivity contribution in [3.8, 4) is 5.75 Å². The average Bonchev–Trinajstić information content (AvgIpc) is 2.38. The van der Waals surface area contributed by atoms with E-state index in [1.165, 1.54) is 0 Å². The molecule has 110 valence electrons. The van der Waals surface area contributed by atoms with Crippen molar-refractivity contribution in [3.63, 3.8) is 0 Å². The van der Waals surface area contributed by atoms with Crippen LogP contribution in [0.5, 0.6) is 5.75 Å². The van der Waals surface area contributed by atoms with Gasteiger partial charge in [-0.2, -0.15) is 0 Å². The number of amides is 2. The first kappa shape index (κ1) is 15.1. The highest BCUT2D eigenvalue weighted by Crippen LogP contribution is 2.27. The number of urea groups is 1. The average molecular weight is 343 g/mol. The second-order valence-corrected chi connectivity index (χ2v) is 5.76. The smallest absolute Gasteiger partial charge is 0.319 e. The van der Waals surface area contributed by atoms with Gasteiger partial charge in [-0.25, -0.2) is 4.79 Å². The molecule has 1 aromatic rings. The number of rotatable bonds is 3. The summed E-state index contributed by atoms with van der Waals surface area (Å²) in [6, 6.07) is 5.40. The lowest BCUT2D eigenvalue weighted by atomic mass is 10.0. The summed E-state index contributed by atoms with van der Waals surface area (Å²) in [5, 5.41) is 5.79. The van der Waals surface area contributed by atoms with Crippen LogP contribution in [0.2, 0.25) is 0 Å². The summed E-state index contributed by atoms with van der Waals surface area (Å²) in [7, 11) is 1.58. The fourth-order valence-electron chi connectivity index (χ4n) is 2.25. The van der Waals surface area contributed by atoms with Gasteiger partial charge in [-0.15, -0.1) is 0 Å². The quantitative estimate of drug-likeness (QED) is 0.886. The molecule has 5 nitrogen and oxygen atoms in total. The van der Waals surface area contributed by atoms with Crippen LogP contribution < -0.4 is 15.4 Å². The zero-order valence-corrected chi connectivity index (χ0v) is 13.2. The third-order valence-corrected chi connectivity index (χ3v) is 3.72. The molecule has 2 atom stereocenters. The first-order valence-corrected chi connectivity index (χ1v) is 7.40. The van der Waals surface area contributed by atoms with Crippen molar-refractivity contribution >= 4 is 27.6 Å². The molecule has 2 amide bonds. The van der Waals surface area contributed by atoms with Gasteiger partial charge in [0.05, 0.1) is 18.9 Å². The molecule has 0 spiro atoms. The fraction of sp³-hybridized carbons (Fsp3) is 0.500. The minimum absolute atomic E-state index is 0.150. The Morgan fingerprint density at radius 2 is 2.30 bits per heavy atom. The van der Waals surface area contributed by atoms with Crippen LogP contribution in [-0.4, -0.2) is 31.9 Å². The first-order chi connectivity index (χ1) is 9.58. The number of hydrogen-bond acceptors (Lipinski definition) is 3. The monoisotopic (exact) mass is 342 g/mol. The van der Waals surface area contributed by atoms with Gasteiger partial charge in [-0.3, -0.25) is 0 Å². The van der Waals surface area contributed by atoms with E-state index < -0.39 is 0 Å². The molecule has 1 heterocycles. The van der Waals surface area contributed by atoms with Crippen LogP contribution in [0, 0.1) is 0 Å². The van der Waals surface area contributed by atoms with Crippen LogP contribution in [0.1, 0.15) is 19.8 Å². The standard InChI is InChI=1S/C14H19BrN2O3/c1-9-7-11(5-6-20-9)16-14(18)17-12-8-10(15)3-4-13(12)19-2/h3-4,8-9,11H,5-7H2,1-2H3,(H2,16,17,18)/t9-,11-/m0/s1. The molecule has 1 aliphatic rings. The number of halogens is 1. The number of carbonyl (C=O) groups excluding carboxylic acids is 1. The van der Waals surface area contributed by atoms with Gasteiger partial charge >= 0.3 is 6.03 Å². The SMILES string of the molecule is COc1ccc(Br)cc1NC(=O)N[C@H]1CCO[C@@H](C)C1. The summed E-state index contributed by atoms with van der Waals surface area (Å²) in [6.45, 7) is 2.70. The summed E-state index contributed by atoms with van der Waals surface area (Å²) in [4.78, 5) is 12.0. The zero-order chi connectivity index (χ0) is 14.5. The lowest BCUT2D eigenvalue weighted by Gasteiger charge is -2.28. The topological polar surface area (TPSA) is 59.6 Å². The molecule has 0 saturated carbocycles. The maximum atomic E-state index is 12.0. The molecule has 1 aliphatic heterocycles. The zero-order valence-electron chi connectivity index (χ0n) is 11.6. The number of carbonyl (C=O) groups is 1. The van der Waals surface area contributed by atoms with E-state index >= 15 is 0 Å². The molecule has 0 radical (unpaired) electrons. The van der Waals surface area contributed by atoms with Crippen molar-refractivity contribution in [3.05, 3.63) is 22.7 Å². The Hall–Kier alpha value is -1.27. The van der Waals surface area contributed by atoms with Crippen molar-refractivity contribution in [1.82, 2.24) is 5.32 Å². The normalized spacial score (nSPS) is 22.1. The number of nitrogens with one attached hydrogen (secondary N) is 2. The van der Waals surface area contributed by atoms with Crippen LogP contribution >= 0.6 is 15.9 Å². The summed E-state index contributed by atoms with van der Waals surface area (Å²) in [6.07, 6.45) is 1.87. The Kier molecular flexibility index (Phi) is 5.25. The summed E-state index contributed by atoms with van der Waals surface area (Å²) in [5.41, 5.74) is 0.638. The number of ether oxygens (including phenoxy) is 2. The van der Waals surface area contributed by atoms with Crippen LogP contribution in [0.3, 0.4) is 0 Å². The number of hydrogen-bond donors (Lipinski definition) is 2.